The normalized spacial score (nSPS) is 12.2. The topological polar surface area (TPSA) is 84.6 Å². The fourth-order valence-electron chi connectivity index (χ4n) is 1.65. The highest BCUT2D eigenvalue weighted by Crippen LogP contribution is 2.30. The van der Waals surface area contributed by atoms with E-state index in [-0.39, 0.29) is 17.3 Å². The second-order valence-electron chi connectivity index (χ2n) is 4.20. The summed E-state index contributed by atoms with van der Waals surface area (Å²) in [6, 6.07) is 2.95. The predicted octanol–water partition coefficient (Wildman–Crippen LogP) is 2.37. The van der Waals surface area contributed by atoms with Gasteiger partial charge >= 0.3 is 0 Å². The molecule has 0 radical (unpaired) electrons. The van der Waals surface area contributed by atoms with Gasteiger partial charge in [-0.1, -0.05) is 11.6 Å². The first-order valence-electron chi connectivity index (χ1n) is 5.81. The number of ether oxygens (including phenoxy) is 1. The average Bonchev–Trinajstić information content (AvgIpc) is 2.33. The minimum Gasteiger partial charge on any atom is -0.391 e. The molecule has 2 N–H and O–H groups in total. The number of nitro groups is 1. The molecule has 1 aromatic carbocycles. The molecule has 106 valence electrons. The zero-order valence-corrected chi connectivity index (χ0v) is 11.6. The average molecular weight is 289 g/mol. The lowest BCUT2D eigenvalue weighted by molar-refractivity contribution is -0.384. The van der Waals surface area contributed by atoms with Gasteiger partial charge in [-0.15, -0.1) is 0 Å². The zero-order valence-electron chi connectivity index (χ0n) is 10.9. The third-order valence-corrected chi connectivity index (χ3v) is 2.95. The first-order valence-corrected chi connectivity index (χ1v) is 6.19. The van der Waals surface area contributed by atoms with Gasteiger partial charge in [-0.3, -0.25) is 10.1 Å². The number of methoxy groups -OCH3 is 1. The van der Waals surface area contributed by atoms with Crippen molar-refractivity contribution >= 4 is 23.0 Å². The Morgan fingerprint density at radius 3 is 2.84 bits per heavy atom. The Bertz CT molecular complexity index is 454. The van der Waals surface area contributed by atoms with Crippen LogP contribution in [0.1, 0.15) is 12.0 Å². The first kappa shape index (κ1) is 15.7. The van der Waals surface area contributed by atoms with Crippen LogP contribution in [0.5, 0.6) is 0 Å². The van der Waals surface area contributed by atoms with Crippen LogP contribution in [-0.4, -0.2) is 36.4 Å². The molecular weight excluding hydrogens is 272 g/mol. The molecule has 0 saturated heterocycles. The standard InChI is InChI=1S/C12H17ClN2O4/c1-8-5-12(15(17)18)10(13)6-11(8)14-4-3-9(16)7-19-2/h5-6,9,14,16H,3-4,7H2,1-2H3. The van der Waals surface area contributed by atoms with Crippen molar-refractivity contribution in [2.75, 3.05) is 25.6 Å². The quantitative estimate of drug-likeness (QED) is 0.594. The number of halogens is 1. The van der Waals surface area contributed by atoms with Crippen LogP contribution in [0.15, 0.2) is 12.1 Å². The largest absolute Gasteiger partial charge is 0.391 e. The number of nitrogens with one attached hydrogen (secondary N) is 1. The van der Waals surface area contributed by atoms with E-state index in [1.165, 1.54) is 19.2 Å². The van der Waals surface area contributed by atoms with E-state index in [1.807, 2.05) is 0 Å². The highest BCUT2D eigenvalue weighted by Gasteiger charge is 2.14. The third-order valence-electron chi connectivity index (χ3n) is 2.64. The molecule has 1 atom stereocenters. The van der Waals surface area contributed by atoms with Gasteiger partial charge in [0.05, 0.1) is 17.6 Å². The summed E-state index contributed by atoms with van der Waals surface area (Å²) in [5.41, 5.74) is 1.35. The van der Waals surface area contributed by atoms with Crippen molar-refractivity contribution in [3.05, 3.63) is 32.8 Å². The lowest BCUT2D eigenvalue weighted by atomic mass is 10.1. The van der Waals surface area contributed by atoms with E-state index in [0.29, 0.717) is 13.0 Å². The van der Waals surface area contributed by atoms with Gasteiger partial charge < -0.3 is 15.2 Å². The fourth-order valence-corrected chi connectivity index (χ4v) is 1.88. The van der Waals surface area contributed by atoms with Gasteiger partial charge in [-0.2, -0.15) is 0 Å². The first-order chi connectivity index (χ1) is 8.95. The Balaban J connectivity index is 2.65. The monoisotopic (exact) mass is 288 g/mol. The number of benzene rings is 1. The van der Waals surface area contributed by atoms with Crippen molar-refractivity contribution in [2.45, 2.75) is 19.4 Å². The number of anilines is 1. The number of aliphatic hydroxyl groups excluding tert-OH is 1. The van der Waals surface area contributed by atoms with Crippen LogP contribution in [0, 0.1) is 17.0 Å². The van der Waals surface area contributed by atoms with Crippen molar-refractivity contribution in [3.63, 3.8) is 0 Å². The minimum atomic E-state index is -0.536. The Kier molecular flexibility index (Phi) is 6.01. The van der Waals surface area contributed by atoms with Gasteiger partial charge in [-0.05, 0) is 25.0 Å². The number of rotatable bonds is 7. The molecule has 1 aromatic rings. The number of nitrogens with zero attached hydrogens (tertiary/aromatic N) is 1. The molecule has 0 aliphatic rings. The van der Waals surface area contributed by atoms with Gasteiger partial charge in [0.2, 0.25) is 0 Å². The summed E-state index contributed by atoms with van der Waals surface area (Å²) in [4.78, 5) is 10.2. The molecule has 6 nitrogen and oxygen atoms in total. The molecule has 0 aliphatic heterocycles. The maximum Gasteiger partial charge on any atom is 0.288 e. The van der Waals surface area contributed by atoms with Crippen molar-refractivity contribution < 1.29 is 14.8 Å². The predicted molar refractivity (Wildman–Crippen MR) is 73.8 cm³/mol. The Hall–Kier alpha value is -1.37. The van der Waals surface area contributed by atoms with Crippen LogP contribution in [0.3, 0.4) is 0 Å². The number of aliphatic hydroxyl groups is 1. The summed E-state index contributed by atoms with van der Waals surface area (Å²) in [6.45, 7) is 2.57. The van der Waals surface area contributed by atoms with Gasteiger partial charge in [0, 0.05) is 25.4 Å². The molecule has 7 heteroatoms. The number of hydrogen-bond donors (Lipinski definition) is 2. The van der Waals surface area contributed by atoms with E-state index in [2.05, 4.69) is 5.32 Å². The van der Waals surface area contributed by atoms with Crippen LogP contribution in [0.2, 0.25) is 5.02 Å². The van der Waals surface area contributed by atoms with E-state index < -0.39 is 11.0 Å². The Morgan fingerprint density at radius 1 is 1.58 bits per heavy atom. The maximum absolute atomic E-state index is 10.7. The van der Waals surface area contributed by atoms with Crippen molar-refractivity contribution in [1.82, 2.24) is 0 Å². The second-order valence-corrected chi connectivity index (χ2v) is 4.61. The van der Waals surface area contributed by atoms with E-state index >= 15 is 0 Å². The van der Waals surface area contributed by atoms with Gasteiger partial charge in [0.25, 0.3) is 5.69 Å². The molecule has 0 fully saturated rings. The molecule has 19 heavy (non-hydrogen) atoms. The van der Waals surface area contributed by atoms with Crippen molar-refractivity contribution in [2.24, 2.45) is 0 Å². The van der Waals surface area contributed by atoms with Crippen LogP contribution < -0.4 is 5.32 Å². The van der Waals surface area contributed by atoms with Crippen molar-refractivity contribution in [3.8, 4) is 0 Å². The summed E-state index contributed by atoms with van der Waals surface area (Å²) in [7, 11) is 1.52. The second kappa shape index (κ2) is 7.28. The molecule has 0 aliphatic carbocycles. The van der Waals surface area contributed by atoms with E-state index in [9.17, 15) is 15.2 Å². The summed E-state index contributed by atoms with van der Waals surface area (Å²) < 4.78 is 4.82. The number of aryl methyl sites for hydroxylation is 1. The lowest BCUT2D eigenvalue weighted by Crippen LogP contribution is -2.18. The number of hydrogen-bond acceptors (Lipinski definition) is 5. The molecule has 0 bridgehead atoms. The molecule has 1 rings (SSSR count). The molecule has 0 spiro atoms. The molecule has 0 heterocycles. The number of nitro benzene ring substituents is 1. The highest BCUT2D eigenvalue weighted by atomic mass is 35.5. The maximum atomic E-state index is 10.7. The van der Waals surface area contributed by atoms with Crippen LogP contribution in [0.25, 0.3) is 0 Å². The summed E-state index contributed by atoms with van der Waals surface area (Å²) in [6.07, 6.45) is -0.0200. The molecule has 0 saturated carbocycles. The van der Waals surface area contributed by atoms with E-state index in [0.717, 1.165) is 11.3 Å². The molecule has 0 aromatic heterocycles. The van der Waals surface area contributed by atoms with E-state index in [4.69, 9.17) is 16.3 Å². The van der Waals surface area contributed by atoms with Crippen LogP contribution in [0.4, 0.5) is 11.4 Å². The van der Waals surface area contributed by atoms with E-state index in [1.54, 1.807) is 6.92 Å². The molecule has 1 unspecified atom stereocenters. The van der Waals surface area contributed by atoms with Crippen LogP contribution in [-0.2, 0) is 4.74 Å². The highest BCUT2D eigenvalue weighted by molar-refractivity contribution is 6.33. The Labute approximate surface area is 116 Å². The van der Waals surface area contributed by atoms with Crippen molar-refractivity contribution in [1.29, 1.82) is 0 Å². The molecular formula is C12H17ClN2O4. The summed E-state index contributed by atoms with van der Waals surface area (Å²) in [5, 5.41) is 23.4. The summed E-state index contributed by atoms with van der Waals surface area (Å²) in [5.74, 6) is 0. The fraction of sp³-hybridized carbons (Fsp3) is 0.500. The third kappa shape index (κ3) is 4.66. The lowest BCUT2D eigenvalue weighted by Gasteiger charge is -2.13. The molecule has 0 amide bonds. The van der Waals surface area contributed by atoms with Gasteiger partial charge in [0.15, 0.2) is 0 Å². The summed E-state index contributed by atoms with van der Waals surface area (Å²) >= 11 is 5.84. The van der Waals surface area contributed by atoms with Gasteiger partial charge in [0.1, 0.15) is 5.02 Å². The SMILES string of the molecule is COCC(O)CCNc1cc(Cl)c([N+](=O)[O-])cc1C. The van der Waals surface area contributed by atoms with Gasteiger partial charge in [-0.25, -0.2) is 0 Å². The Morgan fingerprint density at radius 2 is 2.26 bits per heavy atom. The zero-order chi connectivity index (χ0) is 14.4. The smallest absolute Gasteiger partial charge is 0.288 e. The van der Waals surface area contributed by atoms with Crippen LogP contribution >= 0.6 is 11.6 Å². The minimum absolute atomic E-state index is 0.0931.